The number of hydrogen-bond acceptors (Lipinski definition) is 6. The van der Waals surface area contributed by atoms with Crippen molar-refractivity contribution in [2.75, 3.05) is 11.9 Å². The van der Waals surface area contributed by atoms with Crippen LogP contribution in [-0.2, 0) is 4.74 Å². The Morgan fingerprint density at radius 1 is 1.17 bits per heavy atom. The zero-order chi connectivity index (χ0) is 21.8. The fourth-order valence-electron chi connectivity index (χ4n) is 2.67. The third-order valence-corrected chi connectivity index (χ3v) is 5.51. The molecule has 0 fully saturated rings. The summed E-state index contributed by atoms with van der Waals surface area (Å²) in [7, 11) is 0. The van der Waals surface area contributed by atoms with E-state index in [0.717, 1.165) is 23.0 Å². The number of thiophene rings is 1. The smallest absolute Gasteiger partial charge is 0.341 e. The number of nitro benzene ring substituents is 1. The minimum atomic E-state index is -0.638. The fourth-order valence-corrected chi connectivity index (χ4v) is 4.00. The molecule has 0 aliphatic rings. The van der Waals surface area contributed by atoms with Crippen molar-refractivity contribution in [2.45, 2.75) is 6.92 Å². The van der Waals surface area contributed by atoms with E-state index in [1.165, 1.54) is 12.1 Å². The number of benzene rings is 2. The number of nitrogens with one attached hydrogen (secondary N) is 1. The second kappa shape index (κ2) is 9.25. The third-order valence-electron chi connectivity index (χ3n) is 4.06. The Morgan fingerprint density at radius 3 is 2.47 bits per heavy atom. The number of nitrogens with zero attached hydrogens (tertiary/aromatic N) is 1. The predicted octanol–water partition coefficient (Wildman–Crippen LogP) is 6.06. The number of halogens is 2. The second-order valence-corrected chi connectivity index (χ2v) is 7.68. The minimum Gasteiger partial charge on any atom is -0.462 e. The summed E-state index contributed by atoms with van der Waals surface area (Å²) < 4.78 is 5.16. The molecule has 3 rings (SSSR count). The first kappa shape index (κ1) is 21.8. The molecule has 0 saturated heterocycles. The molecule has 1 heterocycles. The Morgan fingerprint density at radius 2 is 1.87 bits per heavy atom. The highest BCUT2D eigenvalue weighted by Gasteiger charge is 2.24. The molecule has 10 heteroatoms. The third kappa shape index (κ3) is 4.62. The van der Waals surface area contributed by atoms with Crippen LogP contribution in [0, 0.1) is 10.1 Å². The topological polar surface area (TPSA) is 98.5 Å². The average molecular weight is 465 g/mol. The van der Waals surface area contributed by atoms with E-state index in [4.69, 9.17) is 27.9 Å². The fraction of sp³-hybridized carbons (Fsp3) is 0.100. The van der Waals surface area contributed by atoms with Crippen molar-refractivity contribution >= 4 is 57.1 Å². The molecular formula is C20H14Cl2N2O5S. The van der Waals surface area contributed by atoms with Gasteiger partial charge in [-0.2, -0.15) is 0 Å². The first-order valence-electron chi connectivity index (χ1n) is 8.61. The Balaban J connectivity index is 1.96. The van der Waals surface area contributed by atoms with Gasteiger partial charge >= 0.3 is 5.97 Å². The summed E-state index contributed by atoms with van der Waals surface area (Å²) in [4.78, 5) is 35.5. The molecule has 7 nitrogen and oxygen atoms in total. The molecule has 0 atom stereocenters. The maximum absolute atomic E-state index is 12.7. The van der Waals surface area contributed by atoms with Crippen LogP contribution in [-0.4, -0.2) is 23.4 Å². The quantitative estimate of drug-likeness (QED) is 0.271. The molecular weight excluding hydrogens is 451 g/mol. The number of carbonyl (C=O) groups excluding carboxylic acids is 2. The standard InChI is InChI=1S/C20H14Cl2N2O5S/c1-2-29-20(26)17-14(11-3-6-13(21)7-4-11)10-30-19(17)23-18(25)12-5-8-16(24(27)28)15(22)9-12/h3-10H,2H2,1H3,(H,23,25). The van der Waals surface area contributed by atoms with Crippen molar-refractivity contribution in [3.8, 4) is 11.1 Å². The monoisotopic (exact) mass is 464 g/mol. The van der Waals surface area contributed by atoms with Gasteiger partial charge in [0.2, 0.25) is 0 Å². The molecule has 0 aliphatic carbocycles. The van der Waals surface area contributed by atoms with Gasteiger partial charge in [-0.15, -0.1) is 11.3 Å². The number of rotatable bonds is 6. The first-order valence-corrected chi connectivity index (χ1v) is 10.2. The van der Waals surface area contributed by atoms with Crippen molar-refractivity contribution in [3.63, 3.8) is 0 Å². The largest absolute Gasteiger partial charge is 0.462 e. The second-order valence-electron chi connectivity index (χ2n) is 5.96. The summed E-state index contributed by atoms with van der Waals surface area (Å²) in [6.45, 7) is 1.85. The number of amides is 1. The van der Waals surface area contributed by atoms with Crippen molar-refractivity contribution in [2.24, 2.45) is 0 Å². The number of carbonyl (C=O) groups is 2. The van der Waals surface area contributed by atoms with Gasteiger partial charge in [-0.3, -0.25) is 14.9 Å². The number of esters is 1. The molecule has 1 aromatic heterocycles. The Hall–Kier alpha value is -2.94. The maximum Gasteiger partial charge on any atom is 0.341 e. The normalized spacial score (nSPS) is 10.5. The highest BCUT2D eigenvalue weighted by Crippen LogP contribution is 2.37. The summed E-state index contributed by atoms with van der Waals surface area (Å²) in [5.41, 5.74) is 1.35. The summed E-state index contributed by atoms with van der Waals surface area (Å²) in [6, 6.07) is 10.5. The number of nitro groups is 1. The van der Waals surface area contributed by atoms with Gasteiger partial charge in [0.1, 0.15) is 15.6 Å². The van der Waals surface area contributed by atoms with Crippen LogP contribution in [0.5, 0.6) is 0 Å². The van der Waals surface area contributed by atoms with Crippen LogP contribution in [0.1, 0.15) is 27.6 Å². The Bertz CT molecular complexity index is 1130. The van der Waals surface area contributed by atoms with Gasteiger partial charge in [0.15, 0.2) is 0 Å². The average Bonchev–Trinajstić information content (AvgIpc) is 3.11. The molecule has 0 bridgehead atoms. The molecule has 0 spiro atoms. The molecule has 0 unspecified atom stereocenters. The van der Waals surface area contributed by atoms with Gasteiger partial charge in [-0.25, -0.2) is 4.79 Å². The number of ether oxygens (including phenoxy) is 1. The summed E-state index contributed by atoms with van der Waals surface area (Å²) in [5, 5.41) is 16.0. The van der Waals surface area contributed by atoms with E-state index in [0.29, 0.717) is 10.6 Å². The predicted molar refractivity (Wildman–Crippen MR) is 117 cm³/mol. The van der Waals surface area contributed by atoms with E-state index in [9.17, 15) is 19.7 Å². The van der Waals surface area contributed by atoms with Crippen molar-refractivity contribution in [3.05, 3.63) is 79.1 Å². The molecule has 1 N–H and O–H groups in total. The zero-order valence-electron chi connectivity index (χ0n) is 15.5. The summed E-state index contributed by atoms with van der Waals surface area (Å²) in [6.07, 6.45) is 0. The molecule has 0 aliphatic heterocycles. The van der Waals surface area contributed by atoms with Gasteiger partial charge in [0.25, 0.3) is 11.6 Å². The van der Waals surface area contributed by atoms with Gasteiger partial charge in [0, 0.05) is 27.6 Å². The Labute approximate surface area is 185 Å². The Kier molecular flexibility index (Phi) is 6.71. The van der Waals surface area contributed by atoms with E-state index in [1.807, 2.05) is 0 Å². The molecule has 30 heavy (non-hydrogen) atoms. The molecule has 1 amide bonds. The molecule has 0 radical (unpaired) electrons. The van der Waals surface area contributed by atoms with E-state index in [1.54, 1.807) is 36.6 Å². The van der Waals surface area contributed by atoms with E-state index < -0.39 is 16.8 Å². The lowest BCUT2D eigenvalue weighted by atomic mass is 10.0. The molecule has 3 aromatic rings. The van der Waals surface area contributed by atoms with Crippen molar-refractivity contribution in [1.29, 1.82) is 0 Å². The summed E-state index contributed by atoms with van der Waals surface area (Å²) in [5.74, 6) is -1.15. The van der Waals surface area contributed by atoms with Gasteiger partial charge in [-0.1, -0.05) is 35.3 Å². The van der Waals surface area contributed by atoms with Crippen LogP contribution >= 0.6 is 34.5 Å². The first-order chi connectivity index (χ1) is 14.3. The molecule has 0 saturated carbocycles. The van der Waals surface area contributed by atoms with Crippen LogP contribution < -0.4 is 5.32 Å². The zero-order valence-corrected chi connectivity index (χ0v) is 17.8. The molecule has 2 aromatic carbocycles. The van der Waals surface area contributed by atoms with Gasteiger partial charge < -0.3 is 10.1 Å². The maximum atomic E-state index is 12.7. The molecule has 154 valence electrons. The minimum absolute atomic E-state index is 0.113. The van der Waals surface area contributed by atoms with Crippen LogP contribution in [0.3, 0.4) is 0 Å². The van der Waals surface area contributed by atoms with Gasteiger partial charge in [-0.05, 0) is 36.8 Å². The van der Waals surface area contributed by atoms with E-state index >= 15 is 0 Å². The lowest BCUT2D eigenvalue weighted by Crippen LogP contribution is -2.15. The lowest BCUT2D eigenvalue weighted by molar-refractivity contribution is -0.384. The lowest BCUT2D eigenvalue weighted by Gasteiger charge is -2.09. The van der Waals surface area contributed by atoms with Crippen LogP contribution in [0.25, 0.3) is 11.1 Å². The van der Waals surface area contributed by atoms with Crippen LogP contribution in [0.4, 0.5) is 10.7 Å². The van der Waals surface area contributed by atoms with E-state index in [2.05, 4.69) is 5.32 Å². The van der Waals surface area contributed by atoms with Crippen LogP contribution in [0.2, 0.25) is 10.0 Å². The number of hydrogen-bond donors (Lipinski definition) is 1. The number of anilines is 1. The highest BCUT2D eigenvalue weighted by atomic mass is 35.5. The highest BCUT2D eigenvalue weighted by molar-refractivity contribution is 7.15. The van der Waals surface area contributed by atoms with Gasteiger partial charge in [0.05, 0.1) is 11.5 Å². The van der Waals surface area contributed by atoms with E-state index in [-0.39, 0.29) is 33.4 Å². The SMILES string of the molecule is CCOC(=O)c1c(-c2ccc(Cl)cc2)csc1NC(=O)c1ccc([N+](=O)[O-])c(Cl)c1. The van der Waals surface area contributed by atoms with Crippen molar-refractivity contribution < 1.29 is 19.2 Å². The van der Waals surface area contributed by atoms with Crippen LogP contribution in [0.15, 0.2) is 47.8 Å². The summed E-state index contributed by atoms with van der Waals surface area (Å²) >= 11 is 13.0. The van der Waals surface area contributed by atoms with Crippen molar-refractivity contribution in [1.82, 2.24) is 0 Å².